The molecular weight excluding hydrogens is 210 g/mol. The Bertz CT molecular complexity index is 447. The Labute approximate surface area is 91.9 Å². The zero-order valence-electron chi connectivity index (χ0n) is 10.0. The Morgan fingerprint density at radius 2 is 2.13 bits per heavy atom. The van der Waals surface area contributed by atoms with Crippen molar-refractivity contribution in [2.45, 2.75) is 33.2 Å². The number of hydrogen-bond donors (Lipinski definition) is 0. The van der Waals surface area contributed by atoms with E-state index in [9.17, 15) is 4.21 Å². The molecule has 0 N–H and O–H groups in total. The average molecular weight is 229 g/mol. The van der Waals surface area contributed by atoms with E-state index in [4.69, 9.17) is 0 Å². The van der Waals surface area contributed by atoms with Gasteiger partial charge in [-0.2, -0.15) is 9.46 Å². The van der Waals surface area contributed by atoms with Crippen molar-refractivity contribution >= 4 is 15.4 Å². The topological polar surface area (TPSA) is 47.2 Å². The molecule has 1 heterocycles. The SMILES string of the molecule is CC[S@@](C)(=O)=Nc1cnn(C(C)(C)C)c1. The van der Waals surface area contributed by atoms with Crippen LogP contribution < -0.4 is 0 Å². The molecule has 1 aromatic heterocycles. The zero-order valence-corrected chi connectivity index (χ0v) is 10.8. The van der Waals surface area contributed by atoms with Crippen LogP contribution in [0.4, 0.5) is 5.69 Å². The summed E-state index contributed by atoms with van der Waals surface area (Å²) < 4.78 is 17.8. The van der Waals surface area contributed by atoms with E-state index in [-0.39, 0.29) is 5.54 Å². The fourth-order valence-electron chi connectivity index (χ4n) is 1.01. The normalized spacial score (nSPS) is 16.1. The van der Waals surface area contributed by atoms with Crippen LogP contribution in [0.15, 0.2) is 16.8 Å². The van der Waals surface area contributed by atoms with Crippen molar-refractivity contribution in [2.24, 2.45) is 4.36 Å². The van der Waals surface area contributed by atoms with Gasteiger partial charge < -0.3 is 0 Å². The van der Waals surface area contributed by atoms with Crippen molar-refractivity contribution in [3.05, 3.63) is 12.4 Å². The minimum atomic E-state index is -2.08. The molecule has 0 aromatic carbocycles. The molecule has 1 aromatic rings. The van der Waals surface area contributed by atoms with Gasteiger partial charge in [-0.3, -0.25) is 4.68 Å². The predicted molar refractivity (Wildman–Crippen MR) is 63.9 cm³/mol. The third kappa shape index (κ3) is 3.34. The van der Waals surface area contributed by atoms with Crippen LogP contribution in [-0.2, 0) is 15.3 Å². The van der Waals surface area contributed by atoms with E-state index >= 15 is 0 Å². The molecule has 0 spiro atoms. The van der Waals surface area contributed by atoms with Gasteiger partial charge in [0.1, 0.15) is 5.69 Å². The summed E-state index contributed by atoms with van der Waals surface area (Å²) in [5.74, 6) is 0.563. The molecule has 5 heteroatoms. The monoisotopic (exact) mass is 229 g/mol. The fourth-order valence-corrected chi connectivity index (χ4v) is 1.68. The van der Waals surface area contributed by atoms with Gasteiger partial charge in [0.25, 0.3) is 0 Å². The van der Waals surface area contributed by atoms with Gasteiger partial charge in [-0.1, -0.05) is 6.92 Å². The lowest BCUT2D eigenvalue weighted by molar-refractivity contribution is 0.355. The van der Waals surface area contributed by atoms with Crippen LogP contribution in [0, 0.1) is 0 Å². The van der Waals surface area contributed by atoms with Crippen LogP contribution in [0.3, 0.4) is 0 Å². The van der Waals surface area contributed by atoms with E-state index in [1.54, 1.807) is 12.5 Å². The highest BCUT2D eigenvalue weighted by molar-refractivity contribution is 7.93. The van der Waals surface area contributed by atoms with Gasteiger partial charge in [0.2, 0.25) is 0 Å². The van der Waals surface area contributed by atoms with Gasteiger partial charge in [-0.15, -0.1) is 0 Å². The van der Waals surface area contributed by atoms with E-state index in [1.807, 2.05) is 17.8 Å². The molecule has 0 saturated heterocycles. The molecule has 1 atom stereocenters. The number of aromatic nitrogens is 2. The second kappa shape index (κ2) is 3.96. The summed E-state index contributed by atoms with van der Waals surface area (Å²) in [7, 11) is -2.08. The molecule has 1 rings (SSSR count). The standard InChI is InChI=1S/C10H19N3OS/c1-6-15(5,14)12-9-7-11-13(8-9)10(2,3)4/h7-8H,6H2,1-5H3/t15-/m1/s1. The average Bonchev–Trinajstić information content (AvgIpc) is 2.51. The maximum Gasteiger partial charge on any atom is 0.111 e. The first kappa shape index (κ1) is 12.2. The summed E-state index contributed by atoms with van der Waals surface area (Å²) in [4.78, 5) is 0. The third-order valence-corrected chi connectivity index (χ3v) is 3.76. The van der Waals surface area contributed by atoms with E-state index in [2.05, 4.69) is 30.2 Å². The maximum atomic E-state index is 11.8. The molecule has 0 aliphatic carbocycles. The lowest BCUT2D eigenvalue weighted by atomic mass is 10.1. The summed E-state index contributed by atoms with van der Waals surface area (Å²) in [5.41, 5.74) is 0.633. The van der Waals surface area contributed by atoms with Crippen LogP contribution >= 0.6 is 0 Å². The van der Waals surface area contributed by atoms with Crippen LogP contribution in [0.1, 0.15) is 27.7 Å². The zero-order chi connectivity index (χ0) is 11.7. The van der Waals surface area contributed by atoms with Crippen LogP contribution in [0.5, 0.6) is 0 Å². The molecule has 0 radical (unpaired) electrons. The van der Waals surface area contributed by atoms with Crippen molar-refractivity contribution in [1.82, 2.24) is 9.78 Å². The molecule has 0 fully saturated rings. The van der Waals surface area contributed by atoms with E-state index in [1.165, 1.54) is 0 Å². The number of rotatable bonds is 2. The summed E-state index contributed by atoms with van der Waals surface area (Å²) in [6.07, 6.45) is 5.16. The van der Waals surface area contributed by atoms with Crippen LogP contribution in [0.25, 0.3) is 0 Å². The van der Waals surface area contributed by atoms with Crippen molar-refractivity contribution in [2.75, 3.05) is 12.0 Å². The highest BCUT2D eigenvalue weighted by atomic mass is 32.2. The van der Waals surface area contributed by atoms with Crippen molar-refractivity contribution in [3.8, 4) is 0 Å². The second-order valence-corrected chi connectivity index (χ2v) is 7.33. The largest absolute Gasteiger partial charge is 0.265 e. The van der Waals surface area contributed by atoms with Crippen LogP contribution in [0.2, 0.25) is 0 Å². The predicted octanol–water partition coefficient (Wildman–Crippen LogP) is 2.39. The first-order valence-electron chi connectivity index (χ1n) is 4.99. The van der Waals surface area contributed by atoms with Gasteiger partial charge in [-0.25, -0.2) is 4.21 Å². The minimum absolute atomic E-state index is 0.0609. The lowest BCUT2D eigenvalue weighted by Gasteiger charge is -2.18. The fraction of sp³-hybridized carbons (Fsp3) is 0.700. The smallest absolute Gasteiger partial charge is 0.111 e. The van der Waals surface area contributed by atoms with Gasteiger partial charge in [0.05, 0.1) is 17.9 Å². The Kier molecular flexibility index (Phi) is 3.23. The van der Waals surface area contributed by atoms with Gasteiger partial charge in [-0.05, 0) is 20.8 Å². The molecule has 86 valence electrons. The Morgan fingerprint density at radius 3 is 2.53 bits per heavy atom. The molecule has 0 amide bonds. The molecule has 0 aliphatic rings. The van der Waals surface area contributed by atoms with Crippen molar-refractivity contribution in [3.63, 3.8) is 0 Å². The summed E-state index contributed by atoms with van der Waals surface area (Å²) in [6, 6.07) is 0. The molecule has 0 unspecified atom stereocenters. The van der Waals surface area contributed by atoms with Gasteiger partial charge >= 0.3 is 0 Å². The highest BCUT2D eigenvalue weighted by Gasteiger charge is 2.14. The van der Waals surface area contributed by atoms with Gasteiger partial charge in [0, 0.05) is 21.7 Å². The Hall–Kier alpha value is -0.840. The summed E-state index contributed by atoms with van der Waals surface area (Å²) in [6.45, 7) is 8.06. The summed E-state index contributed by atoms with van der Waals surface area (Å²) in [5, 5.41) is 4.20. The molecule has 0 saturated carbocycles. The number of hydrogen-bond acceptors (Lipinski definition) is 3. The number of nitrogens with zero attached hydrogens (tertiary/aromatic N) is 3. The van der Waals surface area contributed by atoms with Crippen LogP contribution in [-0.4, -0.2) is 26.0 Å². The Balaban J connectivity index is 3.07. The van der Waals surface area contributed by atoms with Gasteiger partial charge in [0.15, 0.2) is 0 Å². The van der Waals surface area contributed by atoms with E-state index in [0.29, 0.717) is 11.4 Å². The third-order valence-electron chi connectivity index (χ3n) is 2.09. The highest BCUT2D eigenvalue weighted by Crippen LogP contribution is 2.18. The van der Waals surface area contributed by atoms with E-state index < -0.39 is 9.73 Å². The van der Waals surface area contributed by atoms with E-state index in [0.717, 1.165) is 0 Å². The molecule has 15 heavy (non-hydrogen) atoms. The summed E-state index contributed by atoms with van der Waals surface area (Å²) >= 11 is 0. The lowest BCUT2D eigenvalue weighted by Crippen LogP contribution is -2.21. The first-order valence-corrected chi connectivity index (χ1v) is 7.09. The first-order chi connectivity index (χ1) is 6.74. The quantitative estimate of drug-likeness (QED) is 0.781. The Morgan fingerprint density at radius 1 is 1.53 bits per heavy atom. The second-order valence-electron chi connectivity index (χ2n) is 4.65. The molecule has 4 nitrogen and oxygen atoms in total. The molecular formula is C10H19N3OS. The molecule has 0 bridgehead atoms. The van der Waals surface area contributed by atoms with Crippen molar-refractivity contribution < 1.29 is 4.21 Å². The minimum Gasteiger partial charge on any atom is -0.265 e. The molecule has 0 aliphatic heterocycles. The maximum absolute atomic E-state index is 11.8. The van der Waals surface area contributed by atoms with Crippen molar-refractivity contribution in [1.29, 1.82) is 0 Å².